The first-order valence-corrected chi connectivity index (χ1v) is 7.63. The van der Waals surface area contributed by atoms with Crippen LogP contribution in [0.25, 0.3) is 0 Å². The summed E-state index contributed by atoms with van der Waals surface area (Å²) in [4.78, 5) is 16.5. The van der Waals surface area contributed by atoms with Crippen molar-refractivity contribution in [1.82, 2.24) is 0 Å². The molecule has 0 bridgehead atoms. The third kappa shape index (κ3) is 5.32. The highest BCUT2D eigenvalue weighted by molar-refractivity contribution is 6.32. The van der Waals surface area contributed by atoms with Gasteiger partial charge >= 0.3 is 0 Å². The van der Waals surface area contributed by atoms with Crippen LogP contribution in [0.3, 0.4) is 0 Å². The van der Waals surface area contributed by atoms with Gasteiger partial charge in [0.15, 0.2) is 18.1 Å². The summed E-state index contributed by atoms with van der Waals surface area (Å²) in [6, 6.07) is 5.86. The van der Waals surface area contributed by atoms with E-state index >= 15 is 0 Å². The molecule has 2 aromatic carbocycles. The largest absolute Gasteiger partial charge is 0.493 e. The number of benzene rings is 2. The van der Waals surface area contributed by atoms with E-state index in [-0.39, 0.29) is 5.69 Å². The average molecular weight is 385 g/mol. The molecule has 9 heteroatoms. The molecule has 0 aliphatic rings. The Balaban J connectivity index is 1.92. The van der Waals surface area contributed by atoms with Crippen LogP contribution >= 0.6 is 11.6 Å². The van der Waals surface area contributed by atoms with Crippen molar-refractivity contribution in [2.45, 2.75) is 0 Å². The van der Waals surface area contributed by atoms with E-state index in [9.17, 15) is 13.6 Å². The van der Waals surface area contributed by atoms with Crippen molar-refractivity contribution >= 4 is 29.4 Å². The summed E-state index contributed by atoms with van der Waals surface area (Å²) in [6.07, 6.45) is 1.32. The summed E-state index contributed by atoms with van der Waals surface area (Å²) in [5, 5.41) is 6.25. The van der Waals surface area contributed by atoms with Gasteiger partial charge in [-0.05, 0) is 24.3 Å². The van der Waals surface area contributed by atoms with Crippen LogP contribution < -0.4 is 14.8 Å². The fourth-order valence-electron chi connectivity index (χ4n) is 2.03. The molecule has 26 heavy (non-hydrogen) atoms. The normalized spacial score (nSPS) is 10.7. The van der Waals surface area contributed by atoms with Gasteiger partial charge in [-0.25, -0.2) is 8.78 Å². The SMILES string of the molecule is COc1cc(/C=N/OCC(=O)Nc2cc(F)cc(F)c2)cc(Cl)c1OC. The van der Waals surface area contributed by atoms with Crippen molar-refractivity contribution in [2.75, 3.05) is 26.1 Å². The van der Waals surface area contributed by atoms with Gasteiger partial charge in [0.1, 0.15) is 11.6 Å². The van der Waals surface area contributed by atoms with E-state index in [2.05, 4.69) is 10.5 Å². The molecule has 2 rings (SSSR count). The number of rotatable bonds is 7. The van der Waals surface area contributed by atoms with Crippen LogP contribution in [0.1, 0.15) is 5.56 Å². The zero-order valence-electron chi connectivity index (χ0n) is 13.9. The molecule has 0 radical (unpaired) electrons. The van der Waals surface area contributed by atoms with E-state index in [1.807, 2.05) is 0 Å². The van der Waals surface area contributed by atoms with Crippen LogP contribution in [0.5, 0.6) is 11.5 Å². The topological polar surface area (TPSA) is 69.2 Å². The van der Waals surface area contributed by atoms with E-state index in [4.69, 9.17) is 25.9 Å². The highest BCUT2D eigenvalue weighted by Gasteiger charge is 2.10. The molecular weight excluding hydrogens is 370 g/mol. The van der Waals surface area contributed by atoms with Crippen molar-refractivity contribution in [2.24, 2.45) is 5.16 Å². The first-order chi connectivity index (χ1) is 12.4. The highest BCUT2D eigenvalue weighted by atomic mass is 35.5. The molecule has 6 nitrogen and oxygen atoms in total. The first kappa shape index (κ1) is 19.5. The number of ether oxygens (including phenoxy) is 2. The van der Waals surface area contributed by atoms with Gasteiger partial charge < -0.3 is 19.6 Å². The third-order valence-electron chi connectivity index (χ3n) is 3.07. The molecule has 1 amide bonds. The molecular formula is C17H15ClF2N2O4. The fraction of sp³-hybridized carbons (Fsp3) is 0.176. The lowest BCUT2D eigenvalue weighted by Gasteiger charge is -2.09. The zero-order valence-corrected chi connectivity index (χ0v) is 14.6. The number of nitrogens with zero attached hydrogens (tertiary/aromatic N) is 1. The minimum absolute atomic E-state index is 0.0215. The second-order valence-electron chi connectivity index (χ2n) is 4.95. The zero-order chi connectivity index (χ0) is 19.1. The van der Waals surface area contributed by atoms with Gasteiger partial charge in [-0.15, -0.1) is 0 Å². The Bertz CT molecular complexity index is 810. The highest BCUT2D eigenvalue weighted by Crippen LogP contribution is 2.35. The Morgan fingerprint density at radius 2 is 1.85 bits per heavy atom. The Morgan fingerprint density at radius 3 is 2.46 bits per heavy atom. The quantitative estimate of drug-likeness (QED) is 0.584. The van der Waals surface area contributed by atoms with E-state index in [1.54, 1.807) is 12.1 Å². The summed E-state index contributed by atoms with van der Waals surface area (Å²) in [5.74, 6) is -1.44. The first-order valence-electron chi connectivity index (χ1n) is 7.25. The average Bonchev–Trinajstić information content (AvgIpc) is 2.57. The van der Waals surface area contributed by atoms with E-state index < -0.39 is 24.1 Å². The maximum absolute atomic E-state index is 13.0. The van der Waals surface area contributed by atoms with Crippen LogP contribution in [0.2, 0.25) is 5.02 Å². The summed E-state index contributed by atoms with van der Waals surface area (Å²) in [7, 11) is 2.93. The fourth-order valence-corrected chi connectivity index (χ4v) is 2.33. The number of hydrogen-bond donors (Lipinski definition) is 1. The van der Waals surface area contributed by atoms with E-state index in [0.29, 0.717) is 28.2 Å². The molecule has 0 unspecified atom stereocenters. The molecule has 0 spiro atoms. The second kappa shape index (κ2) is 9.00. The van der Waals surface area contributed by atoms with Crippen LogP contribution in [0, 0.1) is 11.6 Å². The predicted molar refractivity (Wildman–Crippen MR) is 93.1 cm³/mol. The molecule has 0 saturated heterocycles. The molecule has 0 fully saturated rings. The van der Waals surface area contributed by atoms with Gasteiger partial charge in [-0.2, -0.15) is 0 Å². The van der Waals surface area contributed by atoms with Crippen LogP contribution in [-0.4, -0.2) is 32.9 Å². The van der Waals surface area contributed by atoms with Gasteiger partial charge in [0.25, 0.3) is 5.91 Å². The van der Waals surface area contributed by atoms with Crippen molar-refractivity contribution in [3.8, 4) is 11.5 Å². The number of carbonyl (C=O) groups is 1. The number of hydrogen-bond acceptors (Lipinski definition) is 5. The van der Waals surface area contributed by atoms with Crippen molar-refractivity contribution in [3.63, 3.8) is 0 Å². The molecule has 0 atom stereocenters. The van der Waals surface area contributed by atoms with Gasteiger partial charge in [0.05, 0.1) is 25.5 Å². The van der Waals surface area contributed by atoms with Crippen LogP contribution in [-0.2, 0) is 9.63 Å². The molecule has 0 heterocycles. The van der Waals surface area contributed by atoms with Crippen LogP contribution in [0.4, 0.5) is 14.5 Å². The minimum Gasteiger partial charge on any atom is -0.493 e. The Labute approximate surface area is 153 Å². The van der Waals surface area contributed by atoms with Crippen molar-refractivity contribution in [3.05, 3.63) is 52.6 Å². The number of amides is 1. The number of oxime groups is 1. The van der Waals surface area contributed by atoms with Crippen LogP contribution in [0.15, 0.2) is 35.5 Å². The molecule has 0 aromatic heterocycles. The maximum atomic E-state index is 13.0. The standard InChI is InChI=1S/C17H15ClF2N2O4/c1-24-15-4-10(3-14(18)17(15)25-2)8-21-26-9-16(23)22-13-6-11(19)5-12(20)7-13/h3-8H,9H2,1-2H3,(H,22,23)/b21-8+. The third-order valence-corrected chi connectivity index (χ3v) is 3.35. The second-order valence-corrected chi connectivity index (χ2v) is 5.36. The van der Waals surface area contributed by atoms with Gasteiger partial charge in [-0.3, -0.25) is 4.79 Å². The van der Waals surface area contributed by atoms with Gasteiger partial charge in [0, 0.05) is 17.3 Å². The Hall–Kier alpha value is -2.87. The Kier molecular flexibility index (Phi) is 6.74. The summed E-state index contributed by atoms with van der Waals surface area (Å²) in [6.45, 7) is -0.449. The number of halogens is 3. The van der Waals surface area contributed by atoms with E-state index in [1.165, 1.54) is 20.4 Å². The molecule has 1 N–H and O–H groups in total. The molecule has 138 valence electrons. The van der Waals surface area contributed by atoms with Gasteiger partial charge in [0.2, 0.25) is 0 Å². The smallest absolute Gasteiger partial charge is 0.265 e. The van der Waals surface area contributed by atoms with Gasteiger partial charge in [-0.1, -0.05) is 16.8 Å². The lowest BCUT2D eigenvalue weighted by Crippen LogP contribution is -2.17. The molecule has 2 aromatic rings. The van der Waals surface area contributed by atoms with Crippen molar-refractivity contribution < 1.29 is 27.9 Å². The minimum atomic E-state index is -0.801. The monoisotopic (exact) mass is 384 g/mol. The predicted octanol–water partition coefficient (Wildman–Crippen LogP) is 3.62. The lowest BCUT2D eigenvalue weighted by atomic mass is 10.2. The number of methoxy groups -OCH3 is 2. The molecule has 0 saturated carbocycles. The Morgan fingerprint density at radius 1 is 1.15 bits per heavy atom. The summed E-state index contributed by atoms with van der Waals surface area (Å²) >= 11 is 6.06. The summed E-state index contributed by atoms with van der Waals surface area (Å²) < 4.78 is 36.4. The number of nitrogens with one attached hydrogen (secondary N) is 1. The lowest BCUT2D eigenvalue weighted by molar-refractivity contribution is -0.120. The summed E-state index contributed by atoms with van der Waals surface area (Å²) in [5.41, 5.74) is 0.534. The molecule has 0 aliphatic carbocycles. The maximum Gasteiger partial charge on any atom is 0.265 e. The molecule has 0 aliphatic heterocycles. The van der Waals surface area contributed by atoms with E-state index in [0.717, 1.165) is 12.1 Å². The number of carbonyl (C=O) groups excluding carboxylic acids is 1. The van der Waals surface area contributed by atoms with Crippen molar-refractivity contribution in [1.29, 1.82) is 0 Å². The number of anilines is 1.